The third-order valence-corrected chi connectivity index (χ3v) is 4.68. The van der Waals surface area contributed by atoms with Crippen molar-refractivity contribution in [3.05, 3.63) is 0 Å². The minimum absolute atomic E-state index is 0. The summed E-state index contributed by atoms with van der Waals surface area (Å²) in [6, 6.07) is 0. The Bertz CT molecular complexity index is 359. The van der Waals surface area contributed by atoms with E-state index in [9.17, 15) is 0 Å². The van der Waals surface area contributed by atoms with Crippen molar-refractivity contribution < 1.29 is 4.74 Å². The SMILES string of the molecule is CCNC(=NCC1(C)CCCO1)NCCN1CCCC(C)C1.I. The lowest BCUT2D eigenvalue weighted by Crippen LogP contribution is -2.44. The summed E-state index contributed by atoms with van der Waals surface area (Å²) >= 11 is 0. The quantitative estimate of drug-likeness (QED) is 0.380. The summed E-state index contributed by atoms with van der Waals surface area (Å²) in [5.41, 5.74) is -0.0648. The molecule has 2 fully saturated rings. The van der Waals surface area contributed by atoms with Gasteiger partial charge in [0, 0.05) is 32.8 Å². The maximum atomic E-state index is 5.81. The average molecular weight is 438 g/mol. The molecule has 2 saturated heterocycles. The van der Waals surface area contributed by atoms with Crippen LogP contribution in [0.1, 0.15) is 46.5 Å². The second-order valence-corrected chi connectivity index (χ2v) is 7.07. The molecule has 2 heterocycles. The van der Waals surface area contributed by atoms with Crippen LogP contribution < -0.4 is 10.6 Å². The Kier molecular flexibility index (Phi) is 9.77. The molecule has 2 aliphatic rings. The fraction of sp³-hybridized carbons (Fsp3) is 0.941. The molecule has 0 saturated carbocycles. The molecule has 0 aromatic rings. The van der Waals surface area contributed by atoms with Gasteiger partial charge in [-0.05, 0) is 52.0 Å². The highest BCUT2D eigenvalue weighted by molar-refractivity contribution is 14.0. The number of rotatable bonds is 6. The highest BCUT2D eigenvalue weighted by Gasteiger charge is 2.29. The van der Waals surface area contributed by atoms with Crippen LogP contribution in [0.4, 0.5) is 0 Å². The van der Waals surface area contributed by atoms with E-state index < -0.39 is 0 Å². The molecular weight excluding hydrogens is 403 g/mol. The number of ether oxygens (including phenoxy) is 1. The molecular formula is C17H35IN4O. The maximum Gasteiger partial charge on any atom is 0.191 e. The molecule has 0 aliphatic carbocycles. The van der Waals surface area contributed by atoms with Crippen molar-refractivity contribution in [2.24, 2.45) is 10.9 Å². The molecule has 6 heteroatoms. The standard InChI is InChI=1S/C17H34N4O.HI/c1-4-18-16(20-14-17(3)8-6-12-22-17)19-9-11-21-10-5-7-15(2)13-21;/h15H,4-14H2,1-3H3,(H2,18,19,20);1H. The summed E-state index contributed by atoms with van der Waals surface area (Å²) in [5.74, 6) is 1.76. The summed E-state index contributed by atoms with van der Waals surface area (Å²) in [5, 5.41) is 6.80. The predicted molar refractivity (Wildman–Crippen MR) is 108 cm³/mol. The number of piperidine rings is 1. The summed E-state index contributed by atoms with van der Waals surface area (Å²) in [6.45, 7) is 13.7. The van der Waals surface area contributed by atoms with E-state index >= 15 is 0 Å². The zero-order valence-electron chi connectivity index (χ0n) is 15.1. The molecule has 0 radical (unpaired) electrons. The van der Waals surface area contributed by atoms with Crippen LogP contribution >= 0.6 is 24.0 Å². The third-order valence-electron chi connectivity index (χ3n) is 4.68. The summed E-state index contributed by atoms with van der Waals surface area (Å²) in [6.07, 6.45) is 4.99. The second-order valence-electron chi connectivity index (χ2n) is 7.07. The van der Waals surface area contributed by atoms with E-state index in [2.05, 4.69) is 36.3 Å². The van der Waals surface area contributed by atoms with E-state index in [1.165, 1.54) is 25.9 Å². The van der Waals surface area contributed by atoms with Gasteiger partial charge in [-0.25, -0.2) is 0 Å². The zero-order valence-corrected chi connectivity index (χ0v) is 17.4. The van der Waals surface area contributed by atoms with Crippen molar-refractivity contribution in [1.29, 1.82) is 0 Å². The van der Waals surface area contributed by atoms with E-state index in [-0.39, 0.29) is 29.6 Å². The number of likely N-dealkylation sites (tertiary alicyclic amines) is 1. The number of aliphatic imine (C=N–C) groups is 1. The molecule has 23 heavy (non-hydrogen) atoms. The third kappa shape index (κ3) is 7.56. The van der Waals surface area contributed by atoms with Crippen LogP contribution in [-0.4, -0.2) is 62.3 Å². The molecule has 0 spiro atoms. The largest absolute Gasteiger partial charge is 0.373 e. The molecule has 0 aromatic carbocycles. The Labute approximate surface area is 159 Å². The maximum absolute atomic E-state index is 5.81. The molecule has 2 rings (SSSR count). The van der Waals surface area contributed by atoms with E-state index in [1.54, 1.807) is 0 Å². The lowest BCUT2D eigenvalue weighted by atomic mass is 10.0. The van der Waals surface area contributed by atoms with E-state index in [1.807, 2.05) is 0 Å². The first-order chi connectivity index (χ1) is 10.6. The molecule has 5 nitrogen and oxygen atoms in total. The predicted octanol–water partition coefficient (Wildman–Crippen LogP) is 2.46. The Morgan fingerprint density at radius 2 is 2.17 bits per heavy atom. The number of hydrogen-bond donors (Lipinski definition) is 2. The minimum Gasteiger partial charge on any atom is -0.373 e. The number of guanidine groups is 1. The first kappa shape index (κ1) is 21.0. The van der Waals surface area contributed by atoms with Crippen molar-refractivity contribution >= 4 is 29.9 Å². The molecule has 2 N–H and O–H groups in total. The number of nitrogens with zero attached hydrogens (tertiary/aromatic N) is 2. The van der Waals surface area contributed by atoms with Gasteiger partial charge in [-0.2, -0.15) is 0 Å². The van der Waals surface area contributed by atoms with Gasteiger partial charge in [0.15, 0.2) is 5.96 Å². The lowest BCUT2D eigenvalue weighted by Gasteiger charge is -2.31. The molecule has 0 bridgehead atoms. The van der Waals surface area contributed by atoms with Crippen LogP contribution in [0.5, 0.6) is 0 Å². The van der Waals surface area contributed by atoms with Gasteiger partial charge in [-0.15, -0.1) is 24.0 Å². The molecule has 0 aromatic heterocycles. The fourth-order valence-corrected chi connectivity index (χ4v) is 3.37. The molecule has 2 aliphatic heterocycles. The normalized spacial score (nSPS) is 29.2. The molecule has 136 valence electrons. The zero-order chi connectivity index (χ0) is 15.8. The van der Waals surface area contributed by atoms with Gasteiger partial charge in [0.1, 0.15) is 0 Å². The summed E-state index contributed by atoms with van der Waals surface area (Å²) in [4.78, 5) is 7.28. The highest BCUT2D eigenvalue weighted by atomic mass is 127. The molecule has 2 atom stereocenters. The Morgan fingerprint density at radius 1 is 1.35 bits per heavy atom. The van der Waals surface area contributed by atoms with Gasteiger partial charge in [0.05, 0.1) is 12.1 Å². The number of halogens is 1. The monoisotopic (exact) mass is 438 g/mol. The number of hydrogen-bond acceptors (Lipinski definition) is 3. The number of nitrogens with one attached hydrogen (secondary N) is 2. The van der Waals surface area contributed by atoms with Crippen molar-refractivity contribution in [2.45, 2.75) is 52.1 Å². The van der Waals surface area contributed by atoms with Gasteiger partial charge in [0.25, 0.3) is 0 Å². The topological polar surface area (TPSA) is 48.9 Å². The summed E-state index contributed by atoms with van der Waals surface area (Å²) < 4.78 is 5.81. The van der Waals surface area contributed by atoms with E-state index in [0.29, 0.717) is 0 Å². The van der Waals surface area contributed by atoms with Crippen LogP contribution in [0.2, 0.25) is 0 Å². The minimum atomic E-state index is -0.0648. The Hall–Kier alpha value is -0.0800. The molecule has 2 unspecified atom stereocenters. The van der Waals surface area contributed by atoms with Crippen molar-refractivity contribution in [2.75, 3.05) is 45.9 Å². The first-order valence-electron chi connectivity index (χ1n) is 9.00. The summed E-state index contributed by atoms with van der Waals surface area (Å²) in [7, 11) is 0. The van der Waals surface area contributed by atoms with E-state index in [4.69, 9.17) is 9.73 Å². The fourth-order valence-electron chi connectivity index (χ4n) is 3.37. The lowest BCUT2D eigenvalue weighted by molar-refractivity contribution is 0.0283. The Balaban J connectivity index is 0.00000264. The van der Waals surface area contributed by atoms with E-state index in [0.717, 1.165) is 57.5 Å². The van der Waals surface area contributed by atoms with Crippen LogP contribution in [0.15, 0.2) is 4.99 Å². The van der Waals surface area contributed by atoms with Gasteiger partial charge in [-0.3, -0.25) is 4.99 Å². The van der Waals surface area contributed by atoms with Gasteiger partial charge >= 0.3 is 0 Å². The van der Waals surface area contributed by atoms with Crippen molar-refractivity contribution in [3.8, 4) is 0 Å². The molecule has 0 amide bonds. The van der Waals surface area contributed by atoms with Crippen LogP contribution in [0.25, 0.3) is 0 Å². The smallest absolute Gasteiger partial charge is 0.191 e. The first-order valence-corrected chi connectivity index (χ1v) is 9.00. The van der Waals surface area contributed by atoms with Crippen LogP contribution in [0.3, 0.4) is 0 Å². The van der Waals surface area contributed by atoms with Crippen molar-refractivity contribution in [1.82, 2.24) is 15.5 Å². The van der Waals surface area contributed by atoms with Crippen LogP contribution in [0, 0.1) is 5.92 Å². The highest BCUT2D eigenvalue weighted by Crippen LogP contribution is 2.24. The van der Waals surface area contributed by atoms with Crippen LogP contribution in [-0.2, 0) is 4.74 Å². The Morgan fingerprint density at radius 3 is 2.83 bits per heavy atom. The van der Waals surface area contributed by atoms with Gasteiger partial charge < -0.3 is 20.3 Å². The second kappa shape index (κ2) is 10.7. The van der Waals surface area contributed by atoms with Crippen molar-refractivity contribution in [3.63, 3.8) is 0 Å². The average Bonchev–Trinajstić information content (AvgIpc) is 2.92. The van der Waals surface area contributed by atoms with Gasteiger partial charge in [-0.1, -0.05) is 6.92 Å². The van der Waals surface area contributed by atoms with Gasteiger partial charge in [0.2, 0.25) is 0 Å².